The quantitative estimate of drug-likeness (QED) is 0.562. The van der Waals surface area contributed by atoms with Gasteiger partial charge in [0.25, 0.3) is 0 Å². The van der Waals surface area contributed by atoms with Crippen molar-refractivity contribution in [2.45, 2.75) is 20.0 Å². The first-order chi connectivity index (χ1) is 11.0. The third kappa shape index (κ3) is 4.25. The number of rotatable bonds is 7. The lowest BCUT2D eigenvalue weighted by Gasteiger charge is -2.18. The third-order valence-electron chi connectivity index (χ3n) is 3.09. The first kappa shape index (κ1) is 16.4. The molecule has 0 atom stereocenters. The van der Waals surface area contributed by atoms with Crippen LogP contribution in [-0.2, 0) is 17.9 Å². The van der Waals surface area contributed by atoms with Crippen molar-refractivity contribution in [1.82, 2.24) is 19.7 Å². The number of para-hydroxylation sites is 1. The summed E-state index contributed by atoms with van der Waals surface area (Å²) in [5.74, 6) is -0.0377. The van der Waals surface area contributed by atoms with Crippen molar-refractivity contribution in [3.63, 3.8) is 0 Å². The van der Waals surface area contributed by atoms with Crippen LogP contribution >= 0.6 is 0 Å². The molecule has 0 bridgehead atoms. The van der Waals surface area contributed by atoms with Crippen LogP contribution in [0.3, 0.4) is 0 Å². The minimum atomic E-state index is -0.705. The molecule has 0 saturated heterocycles. The van der Waals surface area contributed by atoms with Gasteiger partial charge in [0.1, 0.15) is 12.3 Å². The number of aromatic nitrogens is 3. The predicted molar refractivity (Wildman–Crippen MR) is 80.8 cm³/mol. The van der Waals surface area contributed by atoms with Crippen molar-refractivity contribution >= 4 is 11.9 Å². The maximum Gasteiger partial charge on any atom is 0.490 e. The molecular weight excluding hydrogens is 302 g/mol. The molecule has 2 rings (SSSR count). The Morgan fingerprint density at radius 1 is 1.43 bits per heavy atom. The third-order valence-corrected chi connectivity index (χ3v) is 3.09. The summed E-state index contributed by atoms with van der Waals surface area (Å²) in [6, 6.07) is 7.47. The summed E-state index contributed by atoms with van der Waals surface area (Å²) < 4.78 is 6.67. The number of hydrogen-bond acceptors (Lipinski definition) is 6. The Morgan fingerprint density at radius 3 is 2.83 bits per heavy atom. The van der Waals surface area contributed by atoms with Crippen molar-refractivity contribution < 1.29 is 14.5 Å². The van der Waals surface area contributed by atoms with E-state index < -0.39 is 10.9 Å². The minimum absolute atomic E-state index is 0.117. The van der Waals surface area contributed by atoms with Crippen LogP contribution in [-0.4, -0.2) is 44.1 Å². The van der Waals surface area contributed by atoms with Crippen molar-refractivity contribution in [2.75, 3.05) is 13.7 Å². The molecule has 2 aromatic rings. The Morgan fingerprint density at radius 2 is 2.17 bits per heavy atom. The van der Waals surface area contributed by atoms with Crippen molar-refractivity contribution in [3.05, 3.63) is 46.3 Å². The fraction of sp³-hybridized carbons (Fsp3) is 0.357. The molecule has 1 amide bonds. The highest BCUT2D eigenvalue weighted by Crippen LogP contribution is 2.19. The number of amides is 1. The standard InChI is InChI=1S/C14H17N5O4/c1-3-23-12-7-5-4-6-11(12)8-17(2)13(20)9-18-10-15-14(16-18)19(21)22/h4-7,10H,3,8-9H2,1-2H3. The largest absolute Gasteiger partial charge is 0.494 e. The second kappa shape index (κ2) is 7.34. The number of nitro groups is 1. The van der Waals surface area contributed by atoms with Gasteiger partial charge in [-0.05, 0) is 17.9 Å². The van der Waals surface area contributed by atoms with Crippen LogP contribution < -0.4 is 4.74 Å². The molecular formula is C14H17N5O4. The number of carbonyl (C=O) groups excluding carboxylic acids is 1. The molecule has 0 unspecified atom stereocenters. The van der Waals surface area contributed by atoms with E-state index in [4.69, 9.17) is 4.74 Å². The number of benzene rings is 1. The smallest absolute Gasteiger partial charge is 0.490 e. The molecule has 0 spiro atoms. The van der Waals surface area contributed by atoms with Crippen LogP contribution in [0.5, 0.6) is 5.75 Å². The second-order valence-corrected chi connectivity index (χ2v) is 4.79. The summed E-state index contributed by atoms with van der Waals surface area (Å²) in [6.45, 7) is 2.68. The summed E-state index contributed by atoms with van der Waals surface area (Å²) in [4.78, 5) is 27.0. The van der Waals surface area contributed by atoms with Gasteiger partial charge in [0.15, 0.2) is 0 Å². The van der Waals surface area contributed by atoms with Gasteiger partial charge in [0.2, 0.25) is 12.2 Å². The van der Waals surface area contributed by atoms with E-state index in [-0.39, 0.29) is 12.5 Å². The lowest BCUT2D eigenvalue weighted by Crippen LogP contribution is -2.30. The van der Waals surface area contributed by atoms with Gasteiger partial charge in [-0.25, -0.2) is 0 Å². The van der Waals surface area contributed by atoms with E-state index in [0.29, 0.717) is 13.2 Å². The number of hydrogen-bond donors (Lipinski definition) is 0. The monoisotopic (exact) mass is 319 g/mol. The van der Waals surface area contributed by atoms with Gasteiger partial charge in [-0.3, -0.25) is 4.79 Å². The molecule has 9 nitrogen and oxygen atoms in total. The molecule has 9 heteroatoms. The fourth-order valence-corrected chi connectivity index (χ4v) is 1.98. The molecule has 0 aliphatic carbocycles. The van der Waals surface area contributed by atoms with Crippen molar-refractivity contribution in [1.29, 1.82) is 0 Å². The zero-order chi connectivity index (χ0) is 16.8. The van der Waals surface area contributed by atoms with Crippen LogP contribution in [0, 0.1) is 10.1 Å². The summed E-state index contributed by atoms with van der Waals surface area (Å²) in [6.07, 6.45) is 1.16. The Balaban J connectivity index is 2.01. The molecule has 122 valence electrons. The number of ether oxygens (including phenoxy) is 1. The van der Waals surface area contributed by atoms with E-state index in [9.17, 15) is 14.9 Å². The second-order valence-electron chi connectivity index (χ2n) is 4.79. The van der Waals surface area contributed by atoms with E-state index in [1.165, 1.54) is 4.90 Å². The van der Waals surface area contributed by atoms with Gasteiger partial charge in [0, 0.05) is 24.3 Å². The fourth-order valence-electron chi connectivity index (χ4n) is 1.98. The lowest BCUT2D eigenvalue weighted by molar-refractivity contribution is -0.394. The van der Waals surface area contributed by atoms with Crippen molar-refractivity contribution in [3.8, 4) is 5.75 Å². The Hall–Kier alpha value is -2.97. The molecule has 0 aliphatic rings. The molecule has 0 fully saturated rings. The van der Waals surface area contributed by atoms with Gasteiger partial charge in [-0.1, -0.05) is 23.2 Å². The van der Waals surface area contributed by atoms with Crippen LogP contribution in [0.4, 0.5) is 5.95 Å². The molecule has 1 heterocycles. The molecule has 0 N–H and O–H groups in total. The molecule has 0 radical (unpaired) electrons. The average molecular weight is 319 g/mol. The first-order valence-electron chi connectivity index (χ1n) is 6.99. The predicted octanol–water partition coefficient (Wildman–Crippen LogP) is 1.24. The summed E-state index contributed by atoms with van der Waals surface area (Å²) in [5.41, 5.74) is 0.884. The Bertz CT molecular complexity index is 700. The van der Waals surface area contributed by atoms with Crippen molar-refractivity contribution in [2.24, 2.45) is 0 Å². The highest BCUT2D eigenvalue weighted by atomic mass is 16.6. The van der Waals surface area contributed by atoms with Gasteiger partial charge in [-0.2, -0.15) is 4.68 Å². The van der Waals surface area contributed by atoms with E-state index >= 15 is 0 Å². The minimum Gasteiger partial charge on any atom is -0.494 e. The van der Waals surface area contributed by atoms with E-state index in [0.717, 1.165) is 22.3 Å². The lowest BCUT2D eigenvalue weighted by atomic mass is 10.2. The summed E-state index contributed by atoms with van der Waals surface area (Å²) >= 11 is 0. The van der Waals surface area contributed by atoms with Gasteiger partial charge in [0.05, 0.1) is 6.61 Å². The zero-order valence-corrected chi connectivity index (χ0v) is 12.9. The Labute approximate surface area is 132 Å². The topological polar surface area (TPSA) is 103 Å². The molecule has 0 aliphatic heterocycles. The van der Waals surface area contributed by atoms with Crippen LogP contribution in [0.2, 0.25) is 0 Å². The highest BCUT2D eigenvalue weighted by molar-refractivity contribution is 5.75. The molecule has 0 saturated carbocycles. The van der Waals surface area contributed by atoms with Crippen LogP contribution in [0.25, 0.3) is 0 Å². The number of nitrogens with zero attached hydrogens (tertiary/aromatic N) is 5. The molecule has 23 heavy (non-hydrogen) atoms. The number of carbonyl (C=O) groups is 1. The summed E-state index contributed by atoms with van der Waals surface area (Å²) in [5, 5.41) is 14.2. The SMILES string of the molecule is CCOc1ccccc1CN(C)C(=O)Cn1cnc([N+](=O)[O-])n1. The van der Waals surface area contributed by atoms with Crippen LogP contribution in [0.1, 0.15) is 12.5 Å². The highest BCUT2D eigenvalue weighted by Gasteiger charge is 2.18. The maximum absolute atomic E-state index is 12.2. The first-order valence-corrected chi connectivity index (χ1v) is 6.99. The maximum atomic E-state index is 12.2. The number of likely N-dealkylation sites (N-methyl/N-ethyl adjacent to an activating group) is 1. The van der Waals surface area contributed by atoms with E-state index in [1.807, 2.05) is 31.2 Å². The molecule has 1 aromatic carbocycles. The van der Waals surface area contributed by atoms with Gasteiger partial charge in [-0.15, -0.1) is 0 Å². The van der Waals surface area contributed by atoms with Gasteiger partial charge >= 0.3 is 5.95 Å². The van der Waals surface area contributed by atoms with Gasteiger partial charge < -0.3 is 19.8 Å². The normalized spacial score (nSPS) is 10.3. The zero-order valence-electron chi connectivity index (χ0n) is 12.9. The van der Waals surface area contributed by atoms with E-state index in [1.54, 1.807) is 7.05 Å². The molecule has 1 aromatic heterocycles. The van der Waals surface area contributed by atoms with E-state index in [2.05, 4.69) is 10.1 Å². The average Bonchev–Trinajstić information content (AvgIpc) is 2.98. The van der Waals surface area contributed by atoms with Crippen LogP contribution in [0.15, 0.2) is 30.6 Å². The Kier molecular flexibility index (Phi) is 5.23. The summed E-state index contributed by atoms with van der Waals surface area (Å²) in [7, 11) is 1.65.